The maximum Gasteiger partial charge on any atom is 0.235 e. The molecule has 0 bridgehead atoms. The molecule has 1 aromatic rings. The summed E-state index contributed by atoms with van der Waals surface area (Å²) in [5.41, 5.74) is 0.0990. The van der Waals surface area contributed by atoms with Gasteiger partial charge in [0, 0.05) is 5.69 Å². The highest BCUT2D eigenvalue weighted by Crippen LogP contribution is 2.20. The molecule has 0 saturated carbocycles. The van der Waals surface area contributed by atoms with E-state index in [1.807, 2.05) is 4.72 Å². The Labute approximate surface area is 107 Å². The van der Waals surface area contributed by atoms with Gasteiger partial charge in [0.15, 0.2) is 0 Å². The van der Waals surface area contributed by atoms with E-state index in [1.165, 1.54) is 12.1 Å². The van der Waals surface area contributed by atoms with Crippen LogP contribution in [-0.2, 0) is 14.8 Å². The van der Waals surface area contributed by atoms with Crippen LogP contribution in [-0.4, -0.2) is 25.9 Å². The molecule has 0 aliphatic rings. The second-order valence-corrected chi connectivity index (χ2v) is 5.56. The summed E-state index contributed by atoms with van der Waals surface area (Å²) in [6.45, 7) is 0. The lowest BCUT2D eigenvalue weighted by atomic mass is 10.2. The summed E-state index contributed by atoms with van der Waals surface area (Å²) in [6, 6.07) is 3.61. The van der Waals surface area contributed by atoms with E-state index in [9.17, 15) is 17.6 Å². The molecule has 0 heterocycles. The van der Waals surface area contributed by atoms with Crippen LogP contribution in [0.4, 0.5) is 15.8 Å². The molecule has 1 aromatic carbocycles. The monoisotopic (exact) mass is 324 g/mol. The highest BCUT2D eigenvalue weighted by Gasteiger charge is 2.09. The number of hydrogen-bond donors (Lipinski definition) is 2. The zero-order valence-electron chi connectivity index (χ0n) is 8.83. The van der Waals surface area contributed by atoms with E-state index in [2.05, 4.69) is 21.2 Å². The number of benzene rings is 1. The molecule has 17 heavy (non-hydrogen) atoms. The minimum atomic E-state index is -3.56. The molecular weight excluding hydrogens is 315 g/mol. The maximum atomic E-state index is 13.3. The normalized spacial score (nSPS) is 11.0. The fourth-order valence-corrected chi connectivity index (χ4v) is 1.77. The smallest absolute Gasteiger partial charge is 0.235 e. The number of carbonyl (C=O) groups is 1. The Morgan fingerprint density at radius 1 is 1.47 bits per heavy atom. The van der Waals surface area contributed by atoms with Gasteiger partial charge in [-0.2, -0.15) is 0 Å². The third-order valence-electron chi connectivity index (χ3n) is 1.67. The largest absolute Gasteiger partial charge is 0.325 e. The molecule has 0 saturated heterocycles. The van der Waals surface area contributed by atoms with Gasteiger partial charge in [0.25, 0.3) is 0 Å². The molecule has 0 aliphatic heterocycles. The number of carbonyl (C=O) groups excluding carboxylic acids is 1. The van der Waals surface area contributed by atoms with E-state index in [-0.39, 0.29) is 16.9 Å². The Morgan fingerprint density at radius 2 is 2.12 bits per heavy atom. The van der Waals surface area contributed by atoms with Crippen molar-refractivity contribution in [3.8, 4) is 0 Å². The van der Waals surface area contributed by atoms with Gasteiger partial charge >= 0.3 is 0 Å². The molecule has 0 fully saturated rings. The number of sulfonamides is 1. The fourth-order valence-electron chi connectivity index (χ4n) is 1.08. The molecule has 0 aromatic heterocycles. The van der Waals surface area contributed by atoms with Gasteiger partial charge in [-0.25, -0.2) is 12.8 Å². The van der Waals surface area contributed by atoms with Crippen molar-refractivity contribution in [2.24, 2.45) is 0 Å². The summed E-state index contributed by atoms with van der Waals surface area (Å²) in [5.74, 6) is -1.03. The molecule has 0 spiro atoms. The lowest BCUT2D eigenvalue weighted by Crippen LogP contribution is -2.14. The zero-order chi connectivity index (χ0) is 13.1. The Hall–Kier alpha value is -1.15. The number of alkyl halides is 1. The maximum absolute atomic E-state index is 13.3. The third kappa shape index (κ3) is 4.70. The second kappa shape index (κ2) is 5.46. The first-order valence-electron chi connectivity index (χ1n) is 4.45. The van der Waals surface area contributed by atoms with Crippen molar-refractivity contribution in [3.05, 3.63) is 24.0 Å². The molecule has 0 aliphatic carbocycles. The number of rotatable bonds is 4. The summed E-state index contributed by atoms with van der Waals surface area (Å²) >= 11 is 2.96. The van der Waals surface area contributed by atoms with Crippen molar-refractivity contribution in [1.82, 2.24) is 0 Å². The van der Waals surface area contributed by atoms with Crippen LogP contribution in [0.15, 0.2) is 18.2 Å². The third-order valence-corrected chi connectivity index (χ3v) is 2.77. The average molecular weight is 325 g/mol. The van der Waals surface area contributed by atoms with Crippen LogP contribution >= 0.6 is 15.9 Å². The molecule has 2 N–H and O–H groups in total. The van der Waals surface area contributed by atoms with Gasteiger partial charge in [-0.15, -0.1) is 0 Å². The van der Waals surface area contributed by atoms with Crippen molar-refractivity contribution < 1.29 is 17.6 Å². The lowest BCUT2D eigenvalue weighted by Gasteiger charge is -2.08. The van der Waals surface area contributed by atoms with Crippen LogP contribution in [0.25, 0.3) is 0 Å². The average Bonchev–Trinajstić information content (AvgIpc) is 2.21. The van der Waals surface area contributed by atoms with Crippen molar-refractivity contribution in [2.45, 2.75) is 0 Å². The van der Waals surface area contributed by atoms with E-state index in [0.29, 0.717) is 5.69 Å². The number of anilines is 2. The topological polar surface area (TPSA) is 75.3 Å². The first-order chi connectivity index (χ1) is 7.81. The van der Waals surface area contributed by atoms with Gasteiger partial charge in [-0.05, 0) is 18.2 Å². The van der Waals surface area contributed by atoms with Crippen LogP contribution in [0.3, 0.4) is 0 Å². The Bertz CT molecular complexity index is 533. The van der Waals surface area contributed by atoms with Gasteiger partial charge in [-0.3, -0.25) is 9.52 Å². The van der Waals surface area contributed by atoms with Crippen molar-refractivity contribution in [2.75, 3.05) is 21.6 Å². The first kappa shape index (κ1) is 13.9. The van der Waals surface area contributed by atoms with Gasteiger partial charge in [0.05, 0.1) is 17.3 Å². The fraction of sp³-hybridized carbons (Fsp3) is 0.222. The summed E-state index contributed by atoms with van der Waals surface area (Å²) in [7, 11) is -3.56. The highest BCUT2D eigenvalue weighted by atomic mass is 79.9. The molecule has 0 atom stereocenters. The van der Waals surface area contributed by atoms with Gasteiger partial charge in [0.1, 0.15) is 5.82 Å². The Morgan fingerprint density at radius 3 is 2.65 bits per heavy atom. The molecule has 8 heteroatoms. The van der Waals surface area contributed by atoms with Crippen LogP contribution in [0.1, 0.15) is 0 Å². The van der Waals surface area contributed by atoms with E-state index < -0.39 is 15.8 Å². The predicted octanol–water partition coefficient (Wildman–Crippen LogP) is 1.53. The van der Waals surface area contributed by atoms with Gasteiger partial charge < -0.3 is 5.32 Å². The highest BCUT2D eigenvalue weighted by molar-refractivity contribution is 9.09. The molecule has 1 amide bonds. The van der Waals surface area contributed by atoms with Crippen molar-refractivity contribution in [1.29, 1.82) is 0 Å². The Balaban J connectivity index is 2.98. The van der Waals surface area contributed by atoms with E-state index in [4.69, 9.17) is 0 Å². The molecule has 5 nitrogen and oxygen atoms in total. The van der Waals surface area contributed by atoms with Gasteiger partial charge in [-0.1, -0.05) is 15.9 Å². The lowest BCUT2D eigenvalue weighted by molar-refractivity contribution is -0.113. The minimum absolute atomic E-state index is 0.0964. The summed E-state index contributed by atoms with van der Waals surface area (Å²) < 4.78 is 37.2. The summed E-state index contributed by atoms with van der Waals surface area (Å²) in [6.07, 6.45) is 0.913. The van der Waals surface area contributed by atoms with Crippen LogP contribution < -0.4 is 10.0 Å². The van der Waals surface area contributed by atoms with E-state index >= 15 is 0 Å². The molecule has 0 radical (unpaired) electrons. The standard InChI is InChI=1S/C9H10BrFN2O3S/c1-17(15,16)13-8-4-6(2-3-7(8)11)12-9(14)5-10/h2-4,13H,5H2,1H3,(H,12,14). The van der Waals surface area contributed by atoms with Crippen LogP contribution in [0, 0.1) is 5.82 Å². The molecule has 0 unspecified atom stereocenters. The van der Waals surface area contributed by atoms with E-state index in [0.717, 1.165) is 12.3 Å². The number of nitrogens with one attached hydrogen (secondary N) is 2. The minimum Gasteiger partial charge on any atom is -0.325 e. The molecule has 94 valence electrons. The molecular formula is C9H10BrFN2O3S. The second-order valence-electron chi connectivity index (χ2n) is 3.25. The SMILES string of the molecule is CS(=O)(=O)Nc1cc(NC(=O)CBr)ccc1F. The summed E-state index contributed by atoms with van der Waals surface area (Å²) in [5, 5.41) is 2.55. The van der Waals surface area contributed by atoms with E-state index in [1.54, 1.807) is 0 Å². The Kier molecular flexibility index (Phi) is 4.47. The summed E-state index contributed by atoms with van der Waals surface area (Å²) in [4.78, 5) is 11.1. The van der Waals surface area contributed by atoms with Crippen LogP contribution in [0.5, 0.6) is 0 Å². The predicted molar refractivity (Wildman–Crippen MR) is 67.3 cm³/mol. The first-order valence-corrected chi connectivity index (χ1v) is 7.46. The van der Waals surface area contributed by atoms with Crippen molar-refractivity contribution >= 4 is 43.2 Å². The number of hydrogen-bond acceptors (Lipinski definition) is 3. The number of halogens is 2. The number of amides is 1. The van der Waals surface area contributed by atoms with Crippen molar-refractivity contribution in [3.63, 3.8) is 0 Å². The quantitative estimate of drug-likeness (QED) is 0.825. The van der Waals surface area contributed by atoms with Gasteiger partial charge in [0.2, 0.25) is 15.9 Å². The van der Waals surface area contributed by atoms with Crippen LogP contribution in [0.2, 0.25) is 0 Å². The zero-order valence-corrected chi connectivity index (χ0v) is 11.2. The molecule has 1 rings (SSSR count).